The molecule has 86 valence electrons. The van der Waals surface area contributed by atoms with E-state index in [1.807, 2.05) is 6.08 Å². The number of nitrogens with one attached hydrogen (secondary N) is 1. The first-order chi connectivity index (χ1) is 7.90. The van der Waals surface area contributed by atoms with E-state index in [1.54, 1.807) is 0 Å². The van der Waals surface area contributed by atoms with Gasteiger partial charge in [0.05, 0.1) is 0 Å². The number of fused-ring (bicyclic) bond motifs is 1. The third-order valence-corrected chi connectivity index (χ3v) is 3.10. The van der Waals surface area contributed by atoms with Gasteiger partial charge in [0, 0.05) is 32.7 Å². The molecule has 0 aliphatic carbocycles. The van der Waals surface area contributed by atoms with Gasteiger partial charge >= 0.3 is 0 Å². The largest absolute Gasteiger partial charge is 0.312 e. The van der Waals surface area contributed by atoms with Crippen molar-refractivity contribution in [2.24, 2.45) is 0 Å². The summed E-state index contributed by atoms with van der Waals surface area (Å²) in [5.74, 6) is 0. The van der Waals surface area contributed by atoms with Gasteiger partial charge in [-0.15, -0.1) is 6.58 Å². The first-order valence-corrected chi connectivity index (χ1v) is 6.01. The fraction of sp³-hybridized carbons (Fsp3) is 0.429. The molecule has 2 nitrogen and oxygen atoms in total. The maximum Gasteiger partial charge on any atom is 0.0237 e. The van der Waals surface area contributed by atoms with E-state index in [9.17, 15) is 0 Å². The van der Waals surface area contributed by atoms with E-state index in [0.29, 0.717) is 0 Å². The Kier molecular flexibility index (Phi) is 4.14. The Bertz CT molecular complexity index is 346. The van der Waals surface area contributed by atoms with E-state index in [0.717, 1.165) is 26.2 Å². The first-order valence-electron chi connectivity index (χ1n) is 6.01. The van der Waals surface area contributed by atoms with Gasteiger partial charge in [-0.05, 0) is 17.5 Å². The van der Waals surface area contributed by atoms with E-state index in [1.165, 1.54) is 24.1 Å². The summed E-state index contributed by atoms with van der Waals surface area (Å²) in [6.07, 6.45) is 3.10. The second-order valence-electron chi connectivity index (χ2n) is 4.29. The van der Waals surface area contributed by atoms with Gasteiger partial charge in [-0.2, -0.15) is 0 Å². The van der Waals surface area contributed by atoms with Crippen LogP contribution in [0.2, 0.25) is 0 Å². The van der Waals surface area contributed by atoms with Crippen molar-refractivity contribution in [3.05, 3.63) is 48.0 Å². The summed E-state index contributed by atoms with van der Waals surface area (Å²) in [4.78, 5) is 2.51. The number of hydrogen-bond acceptors (Lipinski definition) is 2. The molecule has 16 heavy (non-hydrogen) atoms. The van der Waals surface area contributed by atoms with Crippen molar-refractivity contribution >= 4 is 0 Å². The summed E-state index contributed by atoms with van der Waals surface area (Å²) in [7, 11) is 0. The van der Waals surface area contributed by atoms with Crippen molar-refractivity contribution in [3.8, 4) is 0 Å². The third kappa shape index (κ3) is 2.94. The summed E-state index contributed by atoms with van der Waals surface area (Å²) >= 11 is 0. The van der Waals surface area contributed by atoms with E-state index >= 15 is 0 Å². The molecule has 0 spiro atoms. The Morgan fingerprint density at radius 2 is 2.12 bits per heavy atom. The van der Waals surface area contributed by atoms with Crippen molar-refractivity contribution in [2.45, 2.75) is 13.0 Å². The highest BCUT2D eigenvalue weighted by molar-refractivity contribution is 5.28. The molecule has 0 fully saturated rings. The highest BCUT2D eigenvalue weighted by Gasteiger charge is 2.14. The van der Waals surface area contributed by atoms with Gasteiger partial charge in [0.1, 0.15) is 0 Å². The third-order valence-electron chi connectivity index (χ3n) is 3.10. The average molecular weight is 216 g/mol. The van der Waals surface area contributed by atoms with Gasteiger partial charge in [-0.3, -0.25) is 4.90 Å². The second-order valence-corrected chi connectivity index (χ2v) is 4.29. The van der Waals surface area contributed by atoms with Crippen molar-refractivity contribution in [3.63, 3.8) is 0 Å². The topological polar surface area (TPSA) is 15.3 Å². The summed E-state index contributed by atoms with van der Waals surface area (Å²) in [5.41, 5.74) is 3.02. The zero-order valence-electron chi connectivity index (χ0n) is 9.78. The fourth-order valence-corrected chi connectivity index (χ4v) is 2.19. The Morgan fingerprint density at radius 3 is 2.94 bits per heavy atom. The number of nitrogens with zero attached hydrogens (tertiary/aromatic N) is 1. The molecule has 1 N–H and O–H groups in total. The van der Waals surface area contributed by atoms with Crippen LogP contribution in [0.5, 0.6) is 0 Å². The molecule has 0 saturated heterocycles. The minimum absolute atomic E-state index is 0.907. The molecular weight excluding hydrogens is 196 g/mol. The van der Waals surface area contributed by atoms with E-state index in [-0.39, 0.29) is 0 Å². The molecule has 0 unspecified atom stereocenters. The van der Waals surface area contributed by atoms with E-state index in [4.69, 9.17) is 0 Å². The van der Waals surface area contributed by atoms with E-state index in [2.05, 4.69) is 41.1 Å². The first kappa shape index (κ1) is 11.4. The Labute approximate surface area is 98.0 Å². The molecule has 0 bridgehead atoms. The summed E-state index contributed by atoms with van der Waals surface area (Å²) in [6.45, 7) is 9.07. The van der Waals surface area contributed by atoms with Crippen molar-refractivity contribution in [2.75, 3.05) is 26.2 Å². The van der Waals surface area contributed by atoms with Crippen LogP contribution in [-0.2, 0) is 13.0 Å². The molecule has 2 rings (SSSR count). The molecule has 0 atom stereocenters. The van der Waals surface area contributed by atoms with Crippen LogP contribution in [0.3, 0.4) is 0 Å². The molecular formula is C14H20N2. The molecule has 0 saturated carbocycles. The molecule has 1 aromatic carbocycles. The Hall–Kier alpha value is -1.12. The maximum absolute atomic E-state index is 3.70. The van der Waals surface area contributed by atoms with Gasteiger partial charge in [0.15, 0.2) is 0 Å². The monoisotopic (exact) mass is 216 g/mol. The molecule has 0 aromatic heterocycles. The van der Waals surface area contributed by atoms with Gasteiger partial charge in [-0.25, -0.2) is 0 Å². The van der Waals surface area contributed by atoms with E-state index < -0.39 is 0 Å². The molecule has 1 aliphatic heterocycles. The molecule has 1 aromatic rings. The van der Waals surface area contributed by atoms with Crippen LogP contribution in [0.15, 0.2) is 36.9 Å². The smallest absolute Gasteiger partial charge is 0.0237 e. The normalized spacial score (nSPS) is 15.8. The second kappa shape index (κ2) is 5.83. The molecule has 0 amide bonds. The minimum Gasteiger partial charge on any atom is -0.312 e. The lowest BCUT2D eigenvalue weighted by atomic mass is 10.00. The van der Waals surface area contributed by atoms with Crippen molar-refractivity contribution < 1.29 is 0 Å². The number of hydrogen-bond donors (Lipinski definition) is 1. The van der Waals surface area contributed by atoms with Crippen molar-refractivity contribution in [1.29, 1.82) is 0 Å². The standard InChI is InChI=1S/C14H20N2/c1-2-8-15-9-11-16-10-7-13-5-3-4-6-14(13)12-16/h2-6,15H,1,7-12H2. The quantitative estimate of drug-likeness (QED) is 0.596. The fourth-order valence-electron chi connectivity index (χ4n) is 2.19. The van der Waals surface area contributed by atoms with Gasteiger partial charge in [0.25, 0.3) is 0 Å². The minimum atomic E-state index is 0.907. The predicted molar refractivity (Wildman–Crippen MR) is 68.5 cm³/mol. The molecule has 0 radical (unpaired) electrons. The van der Waals surface area contributed by atoms with Crippen LogP contribution in [0.1, 0.15) is 11.1 Å². The lowest BCUT2D eigenvalue weighted by Gasteiger charge is -2.28. The lowest BCUT2D eigenvalue weighted by Crippen LogP contribution is -2.36. The average Bonchev–Trinajstić information content (AvgIpc) is 2.34. The highest BCUT2D eigenvalue weighted by atomic mass is 15.1. The van der Waals surface area contributed by atoms with Crippen LogP contribution in [0, 0.1) is 0 Å². The van der Waals surface area contributed by atoms with Crippen LogP contribution < -0.4 is 5.32 Å². The molecule has 2 heteroatoms. The van der Waals surface area contributed by atoms with Gasteiger partial charge < -0.3 is 5.32 Å². The Balaban J connectivity index is 1.81. The SMILES string of the molecule is C=CCNCCN1CCc2ccccc2C1. The predicted octanol–water partition coefficient (Wildman–Crippen LogP) is 1.82. The van der Waals surface area contributed by atoms with Crippen LogP contribution in [-0.4, -0.2) is 31.1 Å². The molecule has 1 aliphatic rings. The molecule has 1 heterocycles. The summed E-state index contributed by atoms with van der Waals surface area (Å²) in [5, 5.41) is 3.35. The summed E-state index contributed by atoms with van der Waals surface area (Å²) < 4.78 is 0. The Morgan fingerprint density at radius 1 is 1.31 bits per heavy atom. The zero-order valence-corrected chi connectivity index (χ0v) is 9.78. The van der Waals surface area contributed by atoms with Gasteiger partial charge in [0.2, 0.25) is 0 Å². The van der Waals surface area contributed by atoms with Gasteiger partial charge in [-0.1, -0.05) is 30.3 Å². The zero-order chi connectivity index (χ0) is 11.2. The van der Waals surface area contributed by atoms with Crippen LogP contribution >= 0.6 is 0 Å². The number of benzene rings is 1. The van der Waals surface area contributed by atoms with Crippen LogP contribution in [0.4, 0.5) is 0 Å². The van der Waals surface area contributed by atoms with Crippen molar-refractivity contribution in [1.82, 2.24) is 10.2 Å². The highest BCUT2D eigenvalue weighted by Crippen LogP contribution is 2.17. The number of rotatable bonds is 5. The maximum atomic E-state index is 3.70. The summed E-state index contributed by atoms with van der Waals surface area (Å²) in [6, 6.07) is 8.78. The lowest BCUT2D eigenvalue weighted by molar-refractivity contribution is 0.255. The van der Waals surface area contributed by atoms with Crippen LogP contribution in [0.25, 0.3) is 0 Å².